The molecule has 0 aliphatic heterocycles. The van der Waals surface area contributed by atoms with Crippen LogP contribution >= 0.6 is 11.6 Å². The van der Waals surface area contributed by atoms with E-state index in [1.807, 2.05) is 6.92 Å². The van der Waals surface area contributed by atoms with Gasteiger partial charge in [0, 0.05) is 23.2 Å². The summed E-state index contributed by atoms with van der Waals surface area (Å²) in [6, 6.07) is 10.6. The normalized spacial score (nSPS) is 12.4. The maximum atomic E-state index is 13.6. The average Bonchev–Trinajstić information content (AvgIpc) is 2.40. The number of nitrogens with one attached hydrogen (secondary N) is 1. The van der Waals surface area contributed by atoms with Gasteiger partial charge in [0.15, 0.2) is 0 Å². The highest BCUT2D eigenvalue weighted by atomic mass is 35.5. The highest BCUT2D eigenvalue weighted by molar-refractivity contribution is 6.31. The molecule has 1 atom stereocenters. The quantitative estimate of drug-likeness (QED) is 0.872. The fourth-order valence-electron chi connectivity index (χ4n) is 1.88. The molecule has 0 bridgehead atoms. The van der Waals surface area contributed by atoms with Crippen molar-refractivity contribution in [3.05, 3.63) is 70.2 Å². The summed E-state index contributed by atoms with van der Waals surface area (Å²) in [7, 11) is 0. The Kier molecular flexibility index (Phi) is 4.51. The van der Waals surface area contributed by atoms with Gasteiger partial charge in [0.25, 0.3) is 0 Å². The average molecular weight is 282 g/mol. The lowest BCUT2D eigenvalue weighted by Crippen LogP contribution is -2.19. The van der Waals surface area contributed by atoms with Gasteiger partial charge < -0.3 is 5.32 Å². The molecule has 1 unspecified atom stereocenters. The molecule has 0 spiro atoms. The molecule has 0 saturated heterocycles. The van der Waals surface area contributed by atoms with Crippen LogP contribution < -0.4 is 5.32 Å². The first kappa shape index (κ1) is 14.0. The lowest BCUT2D eigenvalue weighted by Gasteiger charge is -2.15. The van der Waals surface area contributed by atoms with E-state index in [9.17, 15) is 8.78 Å². The molecule has 1 N–H and O–H groups in total. The van der Waals surface area contributed by atoms with Gasteiger partial charge in [0.05, 0.1) is 0 Å². The molecule has 0 amide bonds. The molecule has 0 aromatic heterocycles. The van der Waals surface area contributed by atoms with Gasteiger partial charge in [-0.2, -0.15) is 0 Å². The van der Waals surface area contributed by atoms with Crippen molar-refractivity contribution in [2.24, 2.45) is 0 Å². The zero-order valence-corrected chi connectivity index (χ0v) is 11.2. The van der Waals surface area contributed by atoms with Crippen LogP contribution in [-0.2, 0) is 6.54 Å². The SMILES string of the molecule is CC(NCc1cc(F)ccc1Cl)c1ccccc1F. The molecule has 0 aliphatic rings. The summed E-state index contributed by atoms with van der Waals surface area (Å²) in [4.78, 5) is 0. The Hall–Kier alpha value is -1.45. The van der Waals surface area contributed by atoms with E-state index in [1.165, 1.54) is 24.3 Å². The lowest BCUT2D eigenvalue weighted by molar-refractivity contribution is 0.526. The topological polar surface area (TPSA) is 12.0 Å². The van der Waals surface area contributed by atoms with Crippen molar-refractivity contribution in [1.29, 1.82) is 0 Å². The highest BCUT2D eigenvalue weighted by Crippen LogP contribution is 2.20. The third kappa shape index (κ3) is 3.52. The Balaban J connectivity index is 2.06. The first-order chi connectivity index (χ1) is 9.08. The Labute approximate surface area is 116 Å². The van der Waals surface area contributed by atoms with Crippen molar-refractivity contribution in [3.63, 3.8) is 0 Å². The molecule has 100 valence electrons. The molecule has 0 fully saturated rings. The minimum Gasteiger partial charge on any atom is -0.306 e. The van der Waals surface area contributed by atoms with Crippen LogP contribution in [0.1, 0.15) is 24.1 Å². The number of benzene rings is 2. The van der Waals surface area contributed by atoms with Crippen LogP contribution in [0.5, 0.6) is 0 Å². The van der Waals surface area contributed by atoms with Crippen molar-refractivity contribution in [2.45, 2.75) is 19.5 Å². The molecule has 0 radical (unpaired) electrons. The molecule has 4 heteroatoms. The van der Waals surface area contributed by atoms with Gasteiger partial charge in [0.1, 0.15) is 11.6 Å². The third-order valence-corrected chi connectivity index (χ3v) is 3.35. The highest BCUT2D eigenvalue weighted by Gasteiger charge is 2.10. The smallest absolute Gasteiger partial charge is 0.127 e. The first-order valence-corrected chi connectivity index (χ1v) is 6.37. The van der Waals surface area contributed by atoms with Crippen molar-refractivity contribution >= 4 is 11.6 Å². The maximum Gasteiger partial charge on any atom is 0.127 e. The Morgan fingerprint density at radius 2 is 1.89 bits per heavy atom. The molecule has 0 heterocycles. The van der Waals surface area contributed by atoms with Crippen LogP contribution in [-0.4, -0.2) is 0 Å². The van der Waals surface area contributed by atoms with Gasteiger partial charge in [-0.05, 0) is 36.8 Å². The Bertz CT molecular complexity index is 572. The first-order valence-electron chi connectivity index (χ1n) is 5.99. The standard InChI is InChI=1S/C15H14ClF2N/c1-10(13-4-2-3-5-15(13)18)19-9-11-8-12(17)6-7-14(11)16/h2-8,10,19H,9H2,1H3. The maximum absolute atomic E-state index is 13.6. The van der Waals surface area contributed by atoms with E-state index < -0.39 is 0 Å². The second kappa shape index (κ2) is 6.13. The van der Waals surface area contributed by atoms with Gasteiger partial charge >= 0.3 is 0 Å². The Morgan fingerprint density at radius 1 is 1.16 bits per heavy atom. The van der Waals surface area contributed by atoms with E-state index in [2.05, 4.69) is 5.32 Å². The molecule has 2 aromatic rings. The van der Waals surface area contributed by atoms with Gasteiger partial charge in [-0.15, -0.1) is 0 Å². The van der Waals surface area contributed by atoms with Crippen LogP contribution in [0.3, 0.4) is 0 Å². The van der Waals surface area contributed by atoms with E-state index in [1.54, 1.807) is 18.2 Å². The van der Waals surface area contributed by atoms with Crippen molar-refractivity contribution in [1.82, 2.24) is 5.32 Å². The summed E-state index contributed by atoms with van der Waals surface area (Å²) in [6.45, 7) is 2.23. The minimum atomic E-state index is -0.334. The van der Waals surface area contributed by atoms with Crippen LogP contribution in [0, 0.1) is 11.6 Å². The fourth-order valence-corrected chi connectivity index (χ4v) is 2.06. The van der Waals surface area contributed by atoms with E-state index in [4.69, 9.17) is 11.6 Å². The zero-order chi connectivity index (χ0) is 13.8. The largest absolute Gasteiger partial charge is 0.306 e. The molecule has 2 rings (SSSR count). The van der Waals surface area contributed by atoms with Crippen molar-refractivity contribution < 1.29 is 8.78 Å². The van der Waals surface area contributed by atoms with Crippen molar-refractivity contribution in [2.75, 3.05) is 0 Å². The third-order valence-electron chi connectivity index (χ3n) is 2.98. The van der Waals surface area contributed by atoms with E-state index in [-0.39, 0.29) is 17.7 Å². The van der Waals surface area contributed by atoms with E-state index in [0.29, 0.717) is 22.7 Å². The molecule has 19 heavy (non-hydrogen) atoms. The summed E-state index contributed by atoms with van der Waals surface area (Å²) in [5.41, 5.74) is 1.24. The van der Waals surface area contributed by atoms with E-state index in [0.717, 1.165) is 0 Å². The predicted octanol–water partition coefficient (Wildman–Crippen LogP) is 4.47. The summed E-state index contributed by atoms with van der Waals surface area (Å²) in [5.74, 6) is -0.590. The van der Waals surface area contributed by atoms with Crippen LogP contribution in [0.2, 0.25) is 5.02 Å². The predicted molar refractivity (Wildman–Crippen MR) is 73.1 cm³/mol. The molecule has 0 aliphatic carbocycles. The van der Waals surface area contributed by atoms with Gasteiger partial charge in [-0.1, -0.05) is 29.8 Å². The summed E-state index contributed by atoms with van der Waals surface area (Å²) in [6.07, 6.45) is 0. The van der Waals surface area contributed by atoms with E-state index >= 15 is 0 Å². The van der Waals surface area contributed by atoms with Gasteiger partial charge in [-0.3, -0.25) is 0 Å². The van der Waals surface area contributed by atoms with Crippen LogP contribution in [0.15, 0.2) is 42.5 Å². The Morgan fingerprint density at radius 3 is 2.63 bits per heavy atom. The van der Waals surface area contributed by atoms with Gasteiger partial charge in [-0.25, -0.2) is 8.78 Å². The zero-order valence-electron chi connectivity index (χ0n) is 10.5. The molecular weight excluding hydrogens is 268 g/mol. The lowest BCUT2D eigenvalue weighted by atomic mass is 10.1. The summed E-state index contributed by atoms with van der Waals surface area (Å²) >= 11 is 5.98. The minimum absolute atomic E-state index is 0.180. The van der Waals surface area contributed by atoms with Gasteiger partial charge in [0.2, 0.25) is 0 Å². The number of hydrogen-bond donors (Lipinski definition) is 1. The summed E-state index contributed by atoms with van der Waals surface area (Å²) < 4.78 is 26.7. The van der Waals surface area contributed by atoms with Crippen molar-refractivity contribution in [3.8, 4) is 0 Å². The second-order valence-electron chi connectivity index (χ2n) is 4.36. The number of hydrogen-bond acceptors (Lipinski definition) is 1. The van der Waals surface area contributed by atoms with Crippen LogP contribution in [0.4, 0.5) is 8.78 Å². The number of rotatable bonds is 4. The fraction of sp³-hybridized carbons (Fsp3) is 0.200. The molecular formula is C15H14ClF2N. The number of halogens is 3. The second-order valence-corrected chi connectivity index (χ2v) is 4.77. The monoisotopic (exact) mass is 281 g/mol. The molecule has 0 saturated carbocycles. The molecule has 2 aromatic carbocycles. The molecule has 1 nitrogen and oxygen atoms in total. The van der Waals surface area contributed by atoms with Crippen LogP contribution in [0.25, 0.3) is 0 Å². The summed E-state index contributed by atoms with van der Waals surface area (Å²) in [5, 5.41) is 3.63.